The number of hydrogen-bond acceptors (Lipinski definition) is 0. The van der Waals surface area contributed by atoms with Crippen LogP contribution in [0.25, 0.3) is 16.3 Å². The highest BCUT2D eigenvalue weighted by atomic mass is 14.9. The molecule has 0 fully saturated rings. The van der Waals surface area contributed by atoms with Gasteiger partial charge in [-0.1, -0.05) is 24.3 Å². The number of pyridine rings is 1. The van der Waals surface area contributed by atoms with E-state index in [4.69, 9.17) is 0 Å². The van der Waals surface area contributed by atoms with Crippen LogP contribution in [0.3, 0.4) is 0 Å². The first-order valence-corrected chi connectivity index (χ1v) is 4.82. The van der Waals surface area contributed by atoms with Gasteiger partial charge in [-0.25, -0.2) is 0 Å². The van der Waals surface area contributed by atoms with Gasteiger partial charge in [0.05, 0.1) is 0 Å². The number of benzene rings is 1. The average molecular weight is 181 g/mol. The Bertz CT molecular complexity index is 605. The summed E-state index contributed by atoms with van der Waals surface area (Å²) in [5.41, 5.74) is 2.57. The molecule has 0 aliphatic carbocycles. The molecule has 0 aliphatic rings. The number of nitrogens with zero attached hydrogens (tertiary/aromatic N) is 1. The highest BCUT2D eigenvalue weighted by Gasteiger charge is 2.01. The fourth-order valence-electron chi connectivity index (χ4n) is 2.06. The fraction of sp³-hybridized carbons (Fsp3) is 0.0769. The van der Waals surface area contributed by atoms with Gasteiger partial charge in [-0.05, 0) is 30.5 Å². The van der Waals surface area contributed by atoms with Crippen LogP contribution in [-0.4, -0.2) is 4.40 Å². The highest BCUT2D eigenvalue weighted by molar-refractivity contribution is 5.88. The van der Waals surface area contributed by atoms with Gasteiger partial charge < -0.3 is 4.40 Å². The molecule has 0 radical (unpaired) electrons. The second kappa shape index (κ2) is 2.61. The van der Waals surface area contributed by atoms with E-state index >= 15 is 0 Å². The first-order chi connectivity index (χ1) is 6.86. The van der Waals surface area contributed by atoms with Crippen LogP contribution in [-0.2, 0) is 0 Å². The number of fused-ring (bicyclic) bond motifs is 2. The Labute approximate surface area is 82.6 Å². The van der Waals surface area contributed by atoms with Gasteiger partial charge in [-0.3, -0.25) is 0 Å². The number of aryl methyl sites for hydroxylation is 1. The largest absolute Gasteiger partial charge is 0.321 e. The van der Waals surface area contributed by atoms with Gasteiger partial charge in [0, 0.05) is 22.8 Å². The van der Waals surface area contributed by atoms with Gasteiger partial charge in [0.25, 0.3) is 0 Å². The van der Waals surface area contributed by atoms with Gasteiger partial charge in [0.2, 0.25) is 0 Å². The molecule has 0 spiro atoms. The van der Waals surface area contributed by atoms with Crippen molar-refractivity contribution in [3.05, 3.63) is 54.4 Å². The van der Waals surface area contributed by atoms with E-state index in [-0.39, 0.29) is 0 Å². The summed E-state index contributed by atoms with van der Waals surface area (Å²) in [6.45, 7) is 2.16. The molecule has 1 heteroatoms. The normalized spacial score (nSPS) is 11.2. The molecule has 2 heterocycles. The maximum atomic E-state index is 2.22. The predicted octanol–water partition coefficient (Wildman–Crippen LogP) is 3.40. The van der Waals surface area contributed by atoms with E-state index in [0.717, 1.165) is 0 Å². The molecule has 0 amide bonds. The molecule has 0 N–H and O–H groups in total. The van der Waals surface area contributed by atoms with Gasteiger partial charge >= 0.3 is 0 Å². The van der Waals surface area contributed by atoms with Crippen LogP contribution in [0.2, 0.25) is 0 Å². The zero-order valence-electron chi connectivity index (χ0n) is 8.07. The van der Waals surface area contributed by atoms with Gasteiger partial charge in [0.1, 0.15) is 0 Å². The standard InChI is InChI=1S/C13H11N/c1-10-13-7-3-2-5-11(13)9-12-6-4-8-14(10)12/h2-9H,1H3. The molecule has 3 aromatic rings. The minimum absolute atomic E-state index is 1.27. The number of aromatic nitrogens is 1. The summed E-state index contributed by atoms with van der Waals surface area (Å²) in [6.07, 6.45) is 2.11. The molecule has 68 valence electrons. The molecular weight excluding hydrogens is 170 g/mol. The van der Waals surface area contributed by atoms with E-state index in [0.29, 0.717) is 0 Å². The molecule has 0 bridgehead atoms. The molecule has 3 rings (SSSR count). The van der Waals surface area contributed by atoms with Crippen molar-refractivity contribution in [1.82, 2.24) is 4.40 Å². The number of hydrogen-bond donors (Lipinski definition) is 0. The Balaban J connectivity index is 2.63. The minimum Gasteiger partial charge on any atom is -0.321 e. The Kier molecular flexibility index (Phi) is 1.42. The van der Waals surface area contributed by atoms with Crippen LogP contribution < -0.4 is 0 Å². The van der Waals surface area contributed by atoms with Crippen LogP contribution >= 0.6 is 0 Å². The Morgan fingerprint density at radius 1 is 1.00 bits per heavy atom. The third kappa shape index (κ3) is 0.896. The first-order valence-electron chi connectivity index (χ1n) is 4.82. The number of rotatable bonds is 0. The second-order valence-electron chi connectivity index (χ2n) is 3.62. The minimum atomic E-state index is 1.27. The third-order valence-corrected chi connectivity index (χ3v) is 2.80. The maximum Gasteiger partial charge on any atom is 0.0459 e. The van der Waals surface area contributed by atoms with E-state index in [2.05, 4.69) is 60.0 Å². The van der Waals surface area contributed by atoms with Crippen molar-refractivity contribution in [2.75, 3.05) is 0 Å². The zero-order chi connectivity index (χ0) is 9.54. The average Bonchev–Trinajstić information content (AvgIpc) is 2.66. The van der Waals surface area contributed by atoms with Crippen molar-refractivity contribution in [3.63, 3.8) is 0 Å². The summed E-state index contributed by atoms with van der Waals surface area (Å²) in [5.74, 6) is 0. The quantitative estimate of drug-likeness (QED) is 0.500. The summed E-state index contributed by atoms with van der Waals surface area (Å²) >= 11 is 0. The van der Waals surface area contributed by atoms with Crippen LogP contribution in [0.5, 0.6) is 0 Å². The van der Waals surface area contributed by atoms with Crippen LogP contribution in [0.15, 0.2) is 48.7 Å². The molecule has 14 heavy (non-hydrogen) atoms. The lowest BCUT2D eigenvalue weighted by molar-refractivity contribution is 1.13. The SMILES string of the molecule is Cc1c2ccccc2cc2cccn12. The van der Waals surface area contributed by atoms with Crippen LogP contribution in [0, 0.1) is 6.92 Å². The zero-order valence-corrected chi connectivity index (χ0v) is 8.07. The summed E-state index contributed by atoms with van der Waals surface area (Å²) in [5, 5.41) is 2.65. The van der Waals surface area contributed by atoms with E-state index in [1.807, 2.05) is 0 Å². The topological polar surface area (TPSA) is 4.41 Å². The van der Waals surface area contributed by atoms with Gasteiger partial charge in [-0.15, -0.1) is 0 Å². The van der Waals surface area contributed by atoms with E-state index in [1.54, 1.807) is 0 Å². The Morgan fingerprint density at radius 3 is 2.79 bits per heavy atom. The van der Waals surface area contributed by atoms with E-state index in [1.165, 1.54) is 22.0 Å². The van der Waals surface area contributed by atoms with Crippen molar-refractivity contribution in [2.24, 2.45) is 0 Å². The molecule has 0 saturated heterocycles. The lowest BCUT2D eigenvalue weighted by Crippen LogP contribution is -1.90. The summed E-state index contributed by atoms with van der Waals surface area (Å²) < 4.78 is 2.22. The molecule has 0 saturated carbocycles. The van der Waals surface area contributed by atoms with Crippen molar-refractivity contribution in [1.29, 1.82) is 0 Å². The van der Waals surface area contributed by atoms with Crippen molar-refractivity contribution in [3.8, 4) is 0 Å². The lowest BCUT2D eigenvalue weighted by Gasteiger charge is -2.05. The monoisotopic (exact) mass is 181 g/mol. The summed E-state index contributed by atoms with van der Waals surface area (Å²) in [4.78, 5) is 0. The molecule has 1 nitrogen and oxygen atoms in total. The van der Waals surface area contributed by atoms with E-state index in [9.17, 15) is 0 Å². The maximum absolute atomic E-state index is 2.22. The van der Waals surface area contributed by atoms with Crippen LogP contribution in [0.4, 0.5) is 0 Å². The Morgan fingerprint density at radius 2 is 1.86 bits per heavy atom. The van der Waals surface area contributed by atoms with Gasteiger partial charge in [0.15, 0.2) is 0 Å². The predicted molar refractivity (Wildman–Crippen MR) is 59.6 cm³/mol. The molecule has 0 aliphatic heterocycles. The van der Waals surface area contributed by atoms with Crippen molar-refractivity contribution >= 4 is 16.3 Å². The fourth-order valence-corrected chi connectivity index (χ4v) is 2.06. The summed E-state index contributed by atoms with van der Waals surface area (Å²) in [7, 11) is 0. The second-order valence-corrected chi connectivity index (χ2v) is 3.62. The van der Waals surface area contributed by atoms with E-state index < -0.39 is 0 Å². The molecular formula is C13H11N. The molecule has 0 unspecified atom stereocenters. The van der Waals surface area contributed by atoms with Crippen molar-refractivity contribution < 1.29 is 0 Å². The van der Waals surface area contributed by atoms with Crippen LogP contribution in [0.1, 0.15) is 5.69 Å². The molecule has 2 aromatic heterocycles. The smallest absolute Gasteiger partial charge is 0.0459 e. The highest BCUT2D eigenvalue weighted by Crippen LogP contribution is 2.21. The lowest BCUT2D eigenvalue weighted by atomic mass is 10.1. The first kappa shape index (κ1) is 7.63. The summed E-state index contributed by atoms with van der Waals surface area (Å²) in [6, 6.07) is 15.0. The molecule has 1 aromatic carbocycles. The Hall–Kier alpha value is -1.76. The third-order valence-electron chi connectivity index (χ3n) is 2.80. The molecule has 0 atom stereocenters. The van der Waals surface area contributed by atoms with Gasteiger partial charge in [-0.2, -0.15) is 0 Å². The van der Waals surface area contributed by atoms with Crippen molar-refractivity contribution in [2.45, 2.75) is 6.92 Å².